The van der Waals surface area contributed by atoms with Crippen LogP contribution < -0.4 is 10.5 Å². The fourth-order valence-corrected chi connectivity index (χ4v) is 4.11. The molecule has 2 aromatic heterocycles. The molecule has 5 nitrogen and oxygen atoms in total. The van der Waals surface area contributed by atoms with Gasteiger partial charge >= 0.3 is 0 Å². The molecule has 0 saturated carbocycles. The monoisotopic (exact) mass is 326 g/mol. The van der Waals surface area contributed by atoms with Crippen LogP contribution in [0.2, 0.25) is 0 Å². The third-order valence-corrected chi connectivity index (χ3v) is 5.61. The largest absolute Gasteiger partial charge is 0.343 e. The predicted molar refractivity (Wildman–Crippen MR) is 93.4 cm³/mol. The van der Waals surface area contributed by atoms with Crippen molar-refractivity contribution in [2.45, 2.75) is 33.7 Å². The van der Waals surface area contributed by atoms with Crippen LogP contribution in [0, 0.1) is 20.8 Å². The van der Waals surface area contributed by atoms with Gasteiger partial charge in [-0.05, 0) is 38.0 Å². The number of thiazole rings is 1. The lowest BCUT2D eigenvalue weighted by Gasteiger charge is -2.27. The van der Waals surface area contributed by atoms with Crippen LogP contribution in [-0.4, -0.2) is 21.5 Å². The van der Waals surface area contributed by atoms with E-state index < -0.39 is 0 Å². The number of nitrogens with zero attached hydrogens (tertiary/aromatic N) is 3. The minimum atomic E-state index is -0.0228. The van der Waals surface area contributed by atoms with E-state index in [2.05, 4.69) is 40.8 Å². The van der Waals surface area contributed by atoms with Crippen molar-refractivity contribution in [2.24, 2.45) is 0 Å². The first-order chi connectivity index (χ1) is 11.0. The molecule has 3 heterocycles. The molecular formula is C17H18N4OS. The summed E-state index contributed by atoms with van der Waals surface area (Å²) in [6, 6.07) is 4.27. The minimum absolute atomic E-state index is 0.0228. The number of nitrogens with one attached hydrogen (secondary N) is 1. The zero-order valence-electron chi connectivity index (χ0n) is 13.4. The van der Waals surface area contributed by atoms with Gasteiger partial charge in [0.25, 0.3) is 5.56 Å². The second-order valence-electron chi connectivity index (χ2n) is 6.10. The highest BCUT2D eigenvalue weighted by molar-refractivity contribution is 7.22. The Balaban J connectivity index is 1.75. The molecule has 0 saturated heterocycles. The number of anilines is 1. The summed E-state index contributed by atoms with van der Waals surface area (Å²) >= 11 is 1.69. The van der Waals surface area contributed by atoms with Crippen LogP contribution >= 0.6 is 11.3 Å². The number of hydrogen-bond donors (Lipinski definition) is 1. The first kappa shape index (κ1) is 14.4. The molecule has 0 spiro atoms. The molecule has 23 heavy (non-hydrogen) atoms. The zero-order valence-corrected chi connectivity index (χ0v) is 14.3. The predicted octanol–water partition coefficient (Wildman–Crippen LogP) is 2.87. The minimum Gasteiger partial charge on any atom is -0.343 e. The van der Waals surface area contributed by atoms with Crippen LogP contribution in [-0.2, 0) is 13.0 Å². The third-order valence-electron chi connectivity index (χ3n) is 4.53. The summed E-state index contributed by atoms with van der Waals surface area (Å²) in [6.45, 7) is 7.48. The summed E-state index contributed by atoms with van der Waals surface area (Å²) in [7, 11) is 0. The number of aromatic nitrogens is 3. The Hall–Kier alpha value is -2.21. The summed E-state index contributed by atoms with van der Waals surface area (Å²) in [5.74, 6) is 0.688. The lowest BCUT2D eigenvalue weighted by Crippen LogP contribution is -2.35. The van der Waals surface area contributed by atoms with Crippen LogP contribution in [0.4, 0.5) is 5.13 Å². The van der Waals surface area contributed by atoms with E-state index >= 15 is 0 Å². The number of aromatic amines is 1. The number of hydrogen-bond acceptors (Lipinski definition) is 5. The maximum atomic E-state index is 12.2. The third kappa shape index (κ3) is 2.34. The topological polar surface area (TPSA) is 61.9 Å². The maximum absolute atomic E-state index is 12.2. The van der Waals surface area contributed by atoms with Crippen molar-refractivity contribution in [1.29, 1.82) is 0 Å². The maximum Gasteiger partial charge on any atom is 0.256 e. The number of aryl methyl sites for hydroxylation is 3. The molecule has 1 aliphatic heterocycles. The van der Waals surface area contributed by atoms with Gasteiger partial charge in [0.15, 0.2) is 5.13 Å². The molecule has 118 valence electrons. The number of benzene rings is 1. The fraction of sp³-hybridized carbons (Fsp3) is 0.353. The van der Waals surface area contributed by atoms with Gasteiger partial charge in [0.1, 0.15) is 5.82 Å². The van der Waals surface area contributed by atoms with E-state index in [0.29, 0.717) is 12.4 Å². The lowest BCUT2D eigenvalue weighted by atomic mass is 10.1. The summed E-state index contributed by atoms with van der Waals surface area (Å²) in [5.41, 5.74) is 5.24. The average molecular weight is 326 g/mol. The van der Waals surface area contributed by atoms with Crippen molar-refractivity contribution in [3.05, 3.63) is 50.7 Å². The molecule has 3 aromatic rings. The Morgan fingerprint density at radius 3 is 2.87 bits per heavy atom. The number of fused-ring (bicyclic) bond motifs is 2. The van der Waals surface area contributed by atoms with Crippen LogP contribution in [0.5, 0.6) is 0 Å². The molecule has 0 fully saturated rings. The van der Waals surface area contributed by atoms with E-state index in [9.17, 15) is 4.79 Å². The smallest absolute Gasteiger partial charge is 0.256 e. The Kier molecular flexibility index (Phi) is 3.23. The van der Waals surface area contributed by atoms with Gasteiger partial charge in [0, 0.05) is 13.0 Å². The molecule has 1 N–H and O–H groups in total. The van der Waals surface area contributed by atoms with Crippen molar-refractivity contribution in [3.8, 4) is 0 Å². The number of H-pyrrole nitrogens is 1. The van der Waals surface area contributed by atoms with Gasteiger partial charge in [-0.2, -0.15) is 0 Å². The highest BCUT2D eigenvalue weighted by Gasteiger charge is 2.23. The average Bonchev–Trinajstić information content (AvgIpc) is 2.95. The van der Waals surface area contributed by atoms with Gasteiger partial charge in [-0.25, -0.2) is 9.97 Å². The van der Waals surface area contributed by atoms with Crippen LogP contribution in [0.25, 0.3) is 10.2 Å². The first-order valence-corrected chi connectivity index (χ1v) is 8.55. The Morgan fingerprint density at radius 2 is 2.04 bits per heavy atom. The molecule has 1 aromatic carbocycles. The molecule has 1 aliphatic rings. The van der Waals surface area contributed by atoms with Crippen LogP contribution in [0.15, 0.2) is 16.9 Å². The van der Waals surface area contributed by atoms with Crippen molar-refractivity contribution < 1.29 is 0 Å². The van der Waals surface area contributed by atoms with Gasteiger partial charge < -0.3 is 9.88 Å². The van der Waals surface area contributed by atoms with Crippen LogP contribution in [0.1, 0.15) is 28.2 Å². The highest BCUT2D eigenvalue weighted by Crippen LogP contribution is 2.33. The van der Waals surface area contributed by atoms with E-state index in [0.717, 1.165) is 34.9 Å². The van der Waals surface area contributed by atoms with Gasteiger partial charge in [0.2, 0.25) is 0 Å². The molecule has 4 rings (SSSR count). The Morgan fingerprint density at radius 1 is 1.22 bits per heavy atom. The standard InChI is InChI=1S/C17H18N4OS/c1-9-4-5-14-15(10(9)2)20-17(23-14)21-7-6-13-12(8-21)16(22)19-11(3)18-13/h4-5H,6-8H2,1-3H3,(H,18,19,22). The SMILES string of the molecule is Cc1nc2c(c(=O)[nH]1)CN(c1nc3c(C)c(C)ccc3s1)CC2. The van der Waals surface area contributed by atoms with E-state index in [-0.39, 0.29) is 5.56 Å². The second kappa shape index (κ2) is 5.16. The second-order valence-corrected chi connectivity index (χ2v) is 7.11. The number of rotatable bonds is 1. The van der Waals surface area contributed by atoms with Gasteiger partial charge in [-0.3, -0.25) is 4.79 Å². The van der Waals surface area contributed by atoms with Crippen molar-refractivity contribution in [3.63, 3.8) is 0 Å². The molecule has 0 bridgehead atoms. The molecule has 6 heteroatoms. The highest BCUT2D eigenvalue weighted by atomic mass is 32.1. The Labute approximate surface area is 138 Å². The van der Waals surface area contributed by atoms with Crippen LogP contribution in [0.3, 0.4) is 0 Å². The van der Waals surface area contributed by atoms with Gasteiger partial charge in [0.05, 0.1) is 28.0 Å². The lowest BCUT2D eigenvalue weighted by molar-refractivity contribution is 0.690. The molecule has 0 amide bonds. The van der Waals surface area contributed by atoms with Crippen molar-refractivity contribution >= 4 is 26.7 Å². The van der Waals surface area contributed by atoms with E-state index in [1.165, 1.54) is 15.8 Å². The summed E-state index contributed by atoms with van der Waals surface area (Å²) in [4.78, 5) is 26.5. The summed E-state index contributed by atoms with van der Waals surface area (Å²) in [6.07, 6.45) is 0.786. The summed E-state index contributed by atoms with van der Waals surface area (Å²) < 4.78 is 1.20. The fourth-order valence-electron chi connectivity index (χ4n) is 3.06. The van der Waals surface area contributed by atoms with E-state index in [1.54, 1.807) is 11.3 Å². The van der Waals surface area contributed by atoms with E-state index in [4.69, 9.17) is 4.98 Å². The molecule has 0 radical (unpaired) electrons. The molecule has 0 unspecified atom stereocenters. The van der Waals surface area contributed by atoms with Gasteiger partial charge in [-0.15, -0.1) is 0 Å². The van der Waals surface area contributed by atoms with Crippen molar-refractivity contribution in [1.82, 2.24) is 15.0 Å². The van der Waals surface area contributed by atoms with E-state index in [1.807, 2.05) is 6.92 Å². The first-order valence-electron chi connectivity index (χ1n) is 7.73. The molecule has 0 atom stereocenters. The molecule has 0 aliphatic carbocycles. The summed E-state index contributed by atoms with van der Waals surface area (Å²) in [5, 5.41) is 0.985. The quantitative estimate of drug-likeness (QED) is 0.747. The zero-order chi connectivity index (χ0) is 16.1. The molecular weight excluding hydrogens is 308 g/mol. The Bertz CT molecular complexity index is 973. The normalized spacial score (nSPS) is 14.3. The van der Waals surface area contributed by atoms with Crippen molar-refractivity contribution in [2.75, 3.05) is 11.4 Å². The van der Waals surface area contributed by atoms with Gasteiger partial charge in [-0.1, -0.05) is 17.4 Å².